The number of nitrogens with one attached hydrogen (secondary N) is 4. The van der Waals surface area contributed by atoms with Crippen LogP contribution >= 0.6 is 0 Å². The lowest BCUT2D eigenvalue weighted by atomic mass is 9.82. The summed E-state index contributed by atoms with van der Waals surface area (Å²) >= 11 is 0. The van der Waals surface area contributed by atoms with Gasteiger partial charge in [0, 0.05) is 13.1 Å². The Labute approximate surface area is 292 Å². The SMILES string of the molecule is C=CCNC(=O)C(=O)C(CC1CC1)NC(=O)C1CCCN1C(=O)[C@@H](NC(=O)NC1(CS(=O)(=O)CCC(C)C)CCCCC1)C1CCCCC1. The van der Waals surface area contributed by atoms with E-state index in [0.717, 1.165) is 64.2 Å². The van der Waals surface area contributed by atoms with E-state index in [1.165, 1.54) is 11.0 Å². The molecule has 0 aromatic carbocycles. The normalized spacial score (nSPS) is 22.5. The Bertz CT molecular complexity index is 1300. The van der Waals surface area contributed by atoms with E-state index in [9.17, 15) is 32.4 Å². The fraction of sp³-hybridized carbons (Fsp3) is 0.806. The van der Waals surface area contributed by atoms with Gasteiger partial charge in [-0.2, -0.15) is 0 Å². The van der Waals surface area contributed by atoms with E-state index < -0.39 is 57.1 Å². The van der Waals surface area contributed by atoms with Crippen LogP contribution in [0.25, 0.3) is 0 Å². The smallest absolute Gasteiger partial charge is 0.315 e. The molecule has 2 unspecified atom stereocenters. The molecule has 13 heteroatoms. The van der Waals surface area contributed by atoms with E-state index in [0.29, 0.717) is 45.1 Å². The highest BCUT2D eigenvalue weighted by Gasteiger charge is 2.44. The van der Waals surface area contributed by atoms with Crippen LogP contribution in [0.2, 0.25) is 0 Å². The number of amides is 5. The Hall–Kier alpha value is -2.96. The molecule has 0 spiro atoms. The molecule has 5 amide bonds. The van der Waals surface area contributed by atoms with Crippen LogP contribution in [0.3, 0.4) is 0 Å². The molecule has 0 aromatic heterocycles. The molecule has 3 saturated carbocycles. The van der Waals surface area contributed by atoms with E-state index in [2.05, 4.69) is 27.8 Å². The van der Waals surface area contributed by atoms with E-state index >= 15 is 0 Å². The lowest BCUT2D eigenvalue weighted by Crippen LogP contribution is -2.62. The van der Waals surface area contributed by atoms with E-state index in [-0.39, 0.29) is 41.7 Å². The average Bonchev–Trinajstić information content (AvgIpc) is 3.75. The molecular formula is C36H59N5O7S. The van der Waals surface area contributed by atoms with Gasteiger partial charge in [0.25, 0.3) is 5.91 Å². The van der Waals surface area contributed by atoms with Gasteiger partial charge in [0.15, 0.2) is 9.84 Å². The molecule has 1 saturated heterocycles. The Morgan fingerprint density at radius 3 is 2.20 bits per heavy atom. The molecule has 49 heavy (non-hydrogen) atoms. The number of hydrogen-bond donors (Lipinski definition) is 4. The Morgan fingerprint density at radius 2 is 1.57 bits per heavy atom. The first-order chi connectivity index (χ1) is 23.3. The minimum atomic E-state index is -3.42. The first-order valence-electron chi connectivity index (χ1n) is 18.7. The predicted octanol–water partition coefficient (Wildman–Crippen LogP) is 3.55. The summed E-state index contributed by atoms with van der Waals surface area (Å²) in [7, 11) is -3.42. The molecule has 4 aliphatic rings. The number of sulfone groups is 1. The molecule has 3 atom stereocenters. The maximum atomic E-state index is 14.3. The van der Waals surface area contributed by atoms with Gasteiger partial charge in [-0.05, 0) is 69.1 Å². The number of Topliss-reactive ketones (excluding diaryl/α,β-unsaturated/α-hetero) is 1. The van der Waals surface area contributed by atoms with Crippen molar-refractivity contribution in [3.63, 3.8) is 0 Å². The summed E-state index contributed by atoms with van der Waals surface area (Å²) in [4.78, 5) is 68.9. The van der Waals surface area contributed by atoms with Gasteiger partial charge in [-0.1, -0.05) is 71.3 Å². The van der Waals surface area contributed by atoms with Gasteiger partial charge in [-0.25, -0.2) is 13.2 Å². The number of ketones is 1. The summed E-state index contributed by atoms with van der Waals surface area (Å²) in [6.07, 6.45) is 13.4. The largest absolute Gasteiger partial charge is 0.346 e. The van der Waals surface area contributed by atoms with Crippen molar-refractivity contribution < 1.29 is 32.4 Å². The molecule has 1 heterocycles. The fourth-order valence-corrected chi connectivity index (χ4v) is 9.97. The van der Waals surface area contributed by atoms with Gasteiger partial charge in [0.2, 0.25) is 17.6 Å². The Morgan fingerprint density at radius 1 is 0.898 bits per heavy atom. The van der Waals surface area contributed by atoms with Crippen molar-refractivity contribution in [1.82, 2.24) is 26.2 Å². The molecule has 4 fully saturated rings. The van der Waals surface area contributed by atoms with Gasteiger partial charge < -0.3 is 26.2 Å². The van der Waals surface area contributed by atoms with Crippen LogP contribution in [0.15, 0.2) is 12.7 Å². The molecule has 1 aliphatic heterocycles. The summed E-state index contributed by atoms with van der Waals surface area (Å²) < 4.78 is 26.4. The van der Waals surface area contributed by atoms with Crippen molar-refractivity contribution in [3.05, 3.63) is 12.7 Å². The summed E-state index contributed by atoms with van der Waals surface area (Å²) in [5.41, 5.74) is -0.893. The molecule has 0 bridgehead atoms. The molecule has 3 aliphatic carbocycles. The third-order valence-corrected chi connectivity index (χ3v) is 12.6. The monoisotopic (exact) mass is 705 g/mol. The van der Waals surface area contributed by atoms with Gasteiger partial charge in [0.1, 0.15) is 12.1 Å². The number of likely N-dealkylation sites (tertiary alicyclic amines) is 1. The predicted molar refractivity (Wildman–Crippen MR) is 188 cm³/mol. The van der Waals surface area contributed by atoms with Crippen LogP contribution in [0, 0.1) is 17.8 Å². The number of urea groups is 1. The minimum absolute atomic E-state index is 0.0733. The standard InChI is InChI=1S/C36H59N5O7S/c1-4-20-37-33(44)31(42)28(23-26-15-16-26)38-32(43)29-14-11-21-41(29)34(45)30(27-12-7-5-8-13-27)39-35(46)40-36(18-9-6-10-19-36)24-49(47,48)22-17-25(2)3/h4,25-30H,1,5-24H2,2-3H3,(H,37,44)(H,38,43)(H2,39,40,46)/t28?,29?,30-/m0/s1. The second-order valence-electron chi connectivity index (χ2n) is 15.4. The van der Waals surface area contributed by atoms with Gasteiger partial charge >= 0.3 is 6.03 Å². The van der Waals surface area contributed by atoms with Crippen LogP contribution in [0.1, 0.15) is 117 Å². The minimum Gasteiger partial charge on any atom is -0.346 e. The lowest BCUT2D eigenvalue weighted by Gasteiger charge is -2.39. The molecular weight excluding hydrogens is 646 g/mol. The van der Waals surface area contributed by atoms with Crippen molar-refractivity contribution in [1.29, 1.82) is 0 Å². The first-order valence-corrected chi connectivity index (χ1v) is 20.5. The summed E-state index contributed by atoms with van der Waals surface area (Å²) in [6, 6.07) is -3.24. The topological polar surface area (TPSA) is 171 Å². The summed E-state index contributed by atoms with van der Waals surface area (Å²) in [5.74, 6) is -1.95. The molecule has 12 nitrogen and oxygen atoms in total. The van der Waals surface area contributed by atoms with Crippen LogP contribution in [-0.2, 0) is 29.0 Å². The third kappa shape index (κ3) is 11.5. The third-order valence-electron chi connectivity index (χ3n) is 10.7. The Kier molecular flexibility index (Phi) is 14.1. The number of hydrogen-bond acceptors (Lipinski definition) is 7. The van der Waals surface area contributed by atoms with Gasteiger partial charge in [-0.15, -0.1) is 6.58 Å². The van der Waals surface area contributed by atoms with Crippen LogP contribution in [0.4, 0.5) is 4.79 Å². The zero-order valence-corrected chi connectivity index (χ0v) is 30.4. The van der Waals surface area contributed by atoms with Crippen molar-refractivity contribution >= 4 is 39.4 Å². The fourth-order valence-electron chi connectivity index (χ4n) is 7.79. The number of carbonyl (C=O) groups is 5. The van der Waals surface area contributed by atoms with Crippen LogP contribution < -0.4 is 21.3 Å². The zero-order chi connectivity index (χ0) is 35.6. The van der Waals surface area contributed by atoms with Crippen molar-refractivity contribution in [2.75, 3.05) is 24.6 Å². The van der Waals surface area contributed by atoms with Crippen molar-refractivity contribution in [3.8, 4) is 0 Å². The summed E-state index contributed by atoms with van der Waals surface area (Å²) in [5, 5.41) is 11.3. The highest BCUT2D eigenvalue weighted by Crippen LogP contribution is 2.34. The average molecular weight is 706 g/mol. The molecule has 0 radical (unpaired) electrons. The van der Waals surface area contributed by atoms with E-state index in [1.807, 2.05) is 13.8 Å². The van der Waals surface area contributed by atoms with Crippen molar-refractivity contribution in [2.45, 2.75) is 140 Å². The summed E-state index contributed by atoms with van der Waals surface area (Å²) in [6.45, 7) is 8.01. The van der Waals surface area contributed by atoms with Gasteiger partial charge in [-0.3, -0.25) is 19.2 Å². The van der Waals surface area contributed by atoms with Gasteiger partial charge in [0.05, 0.1) is 23.1 Å². The lowest BCUT2D eigenvalue weighted by molar-refractivity contribution is -0.143. The van der Waals surface area contributed by atoms with Crippen molar-refractivity contribution in [2.24, 2.45) is 17.8 Å². The first kappa shape index (κ1) is 38.8. The second kappa shape index (κ2) is 17.8. The second-order valence-corrected chi connectivity index (χ2v) is 17.6. The number of carbonyl (C=O) groups excluding carboxylic acids is 5. The molecule has 4 N–H and O–H groups in total. The maximum Gasteiger partial charge on any atom is 0.315 e. The highest BCUT2D eigenvalue weighted by molar-refractivity contribution is 7.91. The van der Waals surface area contributed by atoms with E-state index in [1.54, 1.807) is 0 Å². The number of nitrogens with zero attached hydrogens (tertiary/aromatic N) is 1. The number of rotatable bonds is 17. The van der Waals surface area contributed by atoms with Crippen LogP contribution in [-0.4, -0.2) is 91.1 Å². The molecule has 4 rings (SSSR count). The van der Waals surface area contributed by atoms with Crippen LogP contribution in [0.5, 0.6) is 0 Å². The maximum absolute atomic E-state index is 14.3. The van der Waals surface area contributed by atoms with E-state index in [4.69, 9.17) is 0 Å². The Balaban J connectivity index is 1.48. The highest BCUT2D eigenvalue weighted by atomic mass is 32.2. The molecule has 0 aromatic rings. The quantitative estimate of drug-likeness (QED) is 0.132. The zero-order valence-electron chi connectivity index (χ0n) is 29.6. The molecule has 276 valence electrons.